The first-order chi connectivity index (χ1) is 12.8. The summed E-state index contributed by atoms with van der Waals surface area (Å²) in [7, 11) is 1.46. The van der Waals surface area contributed by atoms with E-state index in [1.165, 1.54) is 44.4 Å². The number of azo groups is 1. The minimum absolute atomic E-state index is 0.0997. The Balaban J connectivity index is 2.36. The number of nitro groups is 1. The molecular weight excluding hydrogens is 376 g/mol. The molecule has 9 nitrogen and oxygen atoms in total. The molecule has 2 rings (SSSR count). The maximum atomic E-state index is 11.9. The van der Waals surface area contributed by atoms with E-state index in [4.69, 9.17) is 16.3 Å². The van der Waals surface area contributed by atoms with E-state index in [1.54, 1.807) is 6.07 Å². The van der Waals surface area contributed by atoms with Gasteiger partial charge in [-0.3, -0.25) is 19.7 Å². The largest absolute Gasteiger partial charge is 0.497 e. The minimum Gasteiger partial charge on any atom is -0.497 e. The normalized spacial score (nSPS) is 10.6. The van der Waals surface area contributed by atoms with Crippen LogP contribution in [-0.4, -0.2) is 23.7 Å². The second-order valence-electron chi connectivity index (χ2n) is 5.38. The molecule has 0 saturated carbocycles. The van der Waals surface area contributed by atoms with Gasteiger partial charge in [0, 0.05) is 12.1 Å². The number of hydrogen-bond donors (Lipinski definition) is 1. The highest BCUT2D eigenvalue weighted by atomic mass is 35.5. The number of amides is 1. The van der Waals surface area contributed by atoms with Crippen LogP contribution < -0.4 is 10.1 Å². The molecule has 10 heteroatoms. The van der Waals surface area contributed by atoms with Crippen LogP contribution >= 0.6 is 11.6 Å². The SMILES string of the molecule is COc1ccc(N=Nc2cccc([N+](=O)[O-])c2Cl)c(NC(=O)CC(C)=O)c1. The first-order valence-electron chi connectivity index (χ1n) is 7.63. The first kappa shape index (κ1) is 20.0. The van der Waals surface area contributed by atoms with Crippen molar-refractivity contribution in [3.63, 3.8) is 0 Å². The molecule has 0 saturated heterocycles. The van der Waals surface area contributed by atoms with Crippen molar-refractivity contribution < 1.29 is 19.2 Å². The Morgan fingerprint density at radius 3 is 2.56 bits per heavy atom. The molecule has 0 fully saturated rings. The molecule has 27 heavy (non-hydrogen) atoms. The standard InChI is InChI=1S/C17H15ClN4O5/c1-10(23)8-16(24)19-14-9-11(27-2)6-7-12(14)20-21-13-4-3-5-15(17(13)18)22(25)26/h3-7,9H,8H2,1-2H3,(H,19,24). The molecule has 0 aliphatic heterocycles. The molecule has 2 aromatic carbocycles. The monoisotopic (exact) mass is 390 g/mol. The lowest BCUT2D eigenvalue weighted by Gasteiger charge is -2.09. The lowest BCUT2D eigenvalue weighted by molar-refractivity contribution is -0.384. The van der Waals surface area contributed by atoms with Crippen molar-refractivity contribution in [2.45, 2.75) is 13.3 Å². The molecule has 0 aromatic heterocycles. The summed E-state index contributed by atoms with van der Waals surface area (Å²) < 4.78 is 5.11. The molecule has 140 valence electrons. The lowest BCUT2D eigenvalue weighted by Crippen LogP contribution is -2.14. The molecular formula is C17H15ClN4O5. The van der Waals surface area contributed by atoms with E-state index < -0.39 is 10.8 Å². The average molecular weight is 391 g/mol. The van der Waals surface area contributed by atoms with Gasteiger partial charge in [-0.15, -0.1) is 10.2 Å². The molecule has 0 aliphatic carbocycles. The quantitative estimate of drug-likeness (QED) is 0.320. The van der Waals surface area contributed by atoms with Crippen molar-refractivity contribution in [3.05, 3.63) is 51.5 Å². The Morgan fingerprint density at radius 1 is 1.22 bits per heavy atom. The van der Waals surface area contributed by atoms with Crippen molar-refractivity contribution in [2.75, 3.05) is 12.4 Å². The van der Waals surface area contributed by atoms with Crippen LogP contribution in [0.4, 0.5) is 22.7 Å². The summed E-state index contributed by atoms with van der Waals surface area (Å²) in [6, 6.07) is 8.81. The number of hydrogen-bond acceptors (Lipinski definition) is 7. The van der Waals surface area contributed by atoms with Crippen LogP contribution in [0.3, 0.4) is 0 Å². The van der Waals surface area contributed by atoms with Crippen LogP contribution in [0.1, 0.15) is 13.3 Å². The number of nitrogens with zero attached hydrogens (tertiary/aromatic N) is 3. The summed E-state index contributed by atoms with van der Waals surface area (Å²) in [6.45, 7) is 1.30. The molecule has 1 amide bonds. The number of carbonyl (C=O) groups is 2. The topological polar surface area (TPSA) is 123 Å². The molecule has 1 N–H and O–H groups in total. The van der Waals surface area contributed by atoms with Crippen LogP contribution in [0.15, 0.2) is 46.6 Å². The van der Waals surface area contributed by atoms with E-state index >= 15 is 0 Å². The molecule has 0 aliphatic rings. The molecule has 0 atom stereocenters. The fourth-order valence-electron chi connectivity index (χ4n) is 2.08. The smallest absolute Gasteiger partial charge is 0.290 e. The average Bonchev–Trinajstić information content (AvgIpc) is 2.60. The zero-order chi connectivity index (χ0) is 20.0. The summed E-state index contributed by atoms with van der Waals surface area (Å²) in [4.78, 5) is 33.3. The number of Topliss-reactive ketones (excluding diaryl/α,β-unsaturated/α-hetero) is 1. The molecule has 0 spiro atoms. The van der Waals surface area contributed by atoms with E-state index in [0.717, 1.165) is 0 Å². The highest BCUT2D eigenvalue weighted by Gasteiger charge is 2.15. The van der Waals surface area contributed by atoms with Crippen molar-refractivity contribution in [1.29, 1.82) is 0 Å². The Kier molecular flexibility index (Phi) is 6.56. The minimum atomic E-state index is -0.623. The van der Waals surface area contributed by atoms with E-state index in [0.29, 0.717) is 5.75 Å². The predicted octanol–water partition coefficient (Wildman–Crippen LogP) is 4.59. The highest BCUT2D eigenvalue weighted by Crippen LogP contribution is 2.36. The van der Waals surface area contributed by atoms with Crippen LogP contribution in [0, 0.1) is 10.1 Å². The van der Waals surface area contributed by atoms with E-state index in [-0.39, 0.29) is 40.0 Å². The summed E-state index contributed by atoms with van der Waals surface area (Å²) in [5, 5.41) is 21.3. The van der Waals surface area contributed by atoms with Crippen LogP contribution in [0.25, 0.3) is 0 Å². The number of carbonyl (C=O) groups excluding carboxylic acids is 2. The van der Waals surface area contributed by atoms with Gasteiger partial charge in [0.05, 0.1) is 24.1 Å². The zero-order valence-corrected chi connectivity index (χ0v) is 15.2. The first-order valence-corrected chi connectivity index (χ1v) is 8.01. The summed E-state index contributed by atoms with van der Waals surface area (Å²) in [5.74, 6) is -0.344. The van der Waals surface area contributed by atoms with E-state index in [1.807, 2.05) is 0 Å². The second kappa shape index (κ2) is 8.86. The number of rotatable bonds is 7. The van der Waals surface area contributed by atoms with Crippen molar-refractivity contribution in [3.8, 4) is 5.75 Å². The number of anilines is 1. The Morgan fingerprint density at radius 2 is 1.93 bits per heavy atom. The van der Waals surface area contributed by atoms with Crippen LogP contribution in [-0.2, 0) is 9.59 Å². The predicted molar refractivity (Wildman–Crippen MR) is 99.2 cm³/mol. The zero-order valence-electron chi connectivity index (χ0n) is 14.4. The van der Waals surface area contributed by atoms with Gasteiger partial charge < -0.3 is 10.1 Å². The summed E-state index contributed by atoms with van der Waals surface area (Å²) >= 11 is 5.98. The third-order valence-corrected chi connectivity index (χ3v) is 3.69. The van der Waals surface area contributed by atoms with Gasteiger partial charge in [0.2, 0.25) is 5.91 Å². The van der Waals surface area contributed by atoms with Gasteiger partial charge in [0.25, 0.3) is 5.69 Å². The number of benzene rings is 2. The maximum absolute atomic E-state index is 11.9. The van der Waals surface area contributed by atoms with Gasteiger partial charge in [-0.2, -0.15) is 0 Å². The Labute approximate surface area is 159 Å². The summed E-state index contributed by atoms with van der Waals surface area (Å²) in [5.41, 5.74) is 0.335. The maximum Gasteiger partial charge on any atom is 0.290 e. The van der Waals surface area contributed by atoms with Crippen molar-refractivity contribution >= 4 is 46.0 Å². The molecule has 0 radical (unpaired) electrons. The highest BCUT2D eigenvalue weighted by molar-refractivity contribution is 6.35. The third-order valence-electron chi connectivity index (χ3n) is 3.31. The second-order valence-corrected chi connectivity index (χ2v) is 5.76. The van der Waals surface area contributed by atoms with Gasteiger partial charge in [0.15, 0.2) is 0 Å². The van der Waals surface area contributed by atoms with Crippen molar-refractivity contribution in [1.82, 2.24) is 0 Å². The third kappa shape index (κ3) is 5.32. The van der Waals surface area contributed by atoms with Crippen LogP contribution in [0.5, 0.6) is 5.75 Å². The van der Waals surface area contributed by atoms with Gasteiger partial charge in [-0.1, -0.05) is 17.7 Å². The number of ketones is 1. The molecule has 0 unspecified atom stereocenters. The number of nitro benzene ring substituents is 1. The van der Waals surface area contributed by atoms with Crippen LogP contribution in [0.2, 0.25) is 5.02 Å². The summed E-state index contributed by atoms with van der Waals surface area (Å²) in [6.07, 6.45) is -0.287. The Hall–Kier alpha value is -3.33. The fourth-order valence-corrected chi connectivity index (χ4v) is 2.32. The molecule has 0 bridgehead atoms. The van der Waals surface area contributed by atoms with Gasteiger partial charge in [-0.05, 0) is 25.1 Å². The number of ether oxygens (including phenoxy) is 1. The fraction of sp³-hybridized carbons (Fsp3) is 0.176. The molecule has 2 aromatic rings. The molecule has 0 heterocycles. The van der Waals surface area contributed by atoms with Gasteiger partial charge in [0.1, 0.15) is 27.9 Å². The van der Waals surface area contributed by atoms with Crippen molar-refractivity contribution in [2.24, 2.45) is 10.2 Å². The van der Waals surface area contributed by atoms with E-state index in [9.17, 15) is 19.7 Å². The van der Waals surface area contributed by atoms with Gasteiger partial charge >= 0.3 is 0 Å². The number of halogens is 1. The van der Waals surface area contributed by atoms with E-state index in [2.05, 4.69) is 15.5 Å². The number of nitrogens with one attached hydrogen (secondary N) is 1. The lowest BCUT2D eigenvalue weighted by atomic mass is 10.2. The number of methoxy groups -OCH3 is 1. The Bertz CT molecular complexity index is 930. The van der Waals surface area contributed by atoms with Gasteiger partial charge in [-0.25, -0.2) is 0 Å².